The van der Waals surface area contributed by atoms with Gasteiger partial charge in [0.05, 0.1) is 5.56 Å². The zero-order chi connectivity index (χ0) is 24.6. The van der Waals surface area contributed by atoms with E-state index in [1.54, 1.807) is 18.2 Å². The Morgan fingerprint density at radius 2 is 1.80 bits per heavy atom. The van der Waals surface area contributed by atoms with Crippen LogP contribution in [0, 0.1) is 23.6 Å². The summed E-state index contributed by atoms with van der Waals surface area (Å²) in [4.78, 5) is 12.6. The maximum atomic E-state index is 15.1. The number of halogens is 1. The molecule has 2 nitrogen and oxygen atoms in total. The molecule has 2 fully saturated rings. The third-order valence-corrected chi connectivity index (χ3v) is 8.15. The molecular formula is C32H39FO2. The molecule has 4 unspecified atom stereocenters. The van der Waals surface area contributed by atoms with Gasteiger partial charge in [0, 0.05) is 0 Å². The van der Waals surface area contributed by atoms with Crippen molar-refractivity contribution in [2.75, 3.05) is 0 Å². The SMILES string of the molecule is C=CCCc1ccc(OC(=O)c2ccc(C3CCC4CC(CC/C=C/C)CCC4C3)c(F)c2)cc1. The van der Waals surface area contributed by atoms with Crippen molar-refractivity contribution in [3.05, 3.63) is 89.8 Å². The fraction of sp³-hybridized carbons (Fsp3) is 0.469. The molecule has 0 radical (unpaired) electrons. The largest absolute Gasteiger partial charge is 0.423 e. The minimum atomic E-state index is -0.519. The number of esters is 1. The highest BCUT2D eigenvalue weighted by atomic mass is 19.1. The summed E-state index contributed by atoms with van der Waals surface area (Å²) in [6, 6.07) is 12.4. The number of hydrogen-bond donors (Lipinski definition) is 0. The Labute approximate surface area is 210 Å². The van der Waals surface area contributed by atoms with E-state index in [0.717, 1.165) is 48.6 Å². The Hall–Kier alpha value is -2.68. The van der Waals surface area contributed by atoms with E-state index in [2.05, 4.69) is 25.7 Å². The second kappa shape index (κ2) is 12.3. The highest BCUT2D eigenvalue weighted by Crippen LogP contribution is 2.48. The molecule has 2 aromatic carbocycles. The third-order valence-electron chi connectivity index (χ3n) is 8.15. The monoisotopic (exact) mass is 474 g/mol. The number of rotatable bonds is 9. The summed E-state index contributed by atoms with van der Waals surface area (Å²) < 4.78 is 20.6. The topological polar surface area (TPSA) is 26.3 Å². The van der Waals surface area contributed by atoms with Crippen LogP contribution in [0.1, 0.15) is 92.1 Å². The third kappa shape index (κ3) is 6.72. The zero-order valence-electron chi connectivity index (χ0n) is 21.1. The smallest absolute Gasteiger partial charge is 0.343 e. The summed E-state index contributed by atoms with van der Waals surface area (Å²) in [6.45, 7) is 5.83. The minimum absolute atomic E-state index is 0.254. The summed E-state index contributed by atoms with van der Waals surface area (Å²) in [5.74, 6) is 2.30. The number of carbonyl (C=O) groups excluding carboxylic acids is 1. The molecule has 3 heteroatoms. The predicted molar refractivity (Wildman–Crippen MR) is 141 cm³/mol. The second-order valence-corrected chi connectivity index (χ2v) is 10.5. The summed E-state index contributed by atoms with van der Waals surface area (Å²) >= 11 is 0. The van der Waals surface area contributed by atoms with Crippen LogP contribution in [0.5, 0.6) is 5.75 Å². The Balaban J connectivity index is 1.33. The molecule has 35 heavy (non-hydrogen) atoms. The normalized spacial score (nSPS) is 24.2. The van der Waals surface area contributed by atoms with Crippen LogP contribution in [-0.4, -0.2) is 5.97 Å². The van der Waals surface area contributed by atoms with Crippen molar-refractivity contribution in [3.8, 4) is 5.75 Å². The van der Waals surface area contributed by atoms with Gasteiger partial charge >= 0.3 is 5.97 Å². The van der Waals surface area contributed by atoms with Crippen LogP contribution in [-0.2, 0) is 6.42 Å². The Kier molecular flexibility index (Phi) is 8.95. The standard InChI is InChI=1S/C32H39FO2/c1-3-5-7-9-24-10-13-26-21-27(15-14-25(26)20-24)30-19-16-28(22-31(30)33)32(34)35-29-17-11-23(12-18-29)8-6-4-2/h3-5,11-12,16-19,22,24-27H,2,6-10,13-15,20-21H2,1H3/b5-3+. The molecule has 0 amide bonds. The van der Waals surface area contributed by atoms with E-state index < -0.39 is 5.97 Å². The quantitative estimate of drug-likeness (QED) is 0.206. The fourth-order valence-electron chi connectivity index (χ4n) is 6.17. The molecule has 2 aromatic rings. The molecule has 2 aliphatic carbocycles. The average Bonchev–Trinajstić information content (AvgIpc) is 2.88. The number of ether oxygens (including phenoxy) is 1. The van der Waals surface area contributed by atoms with Crippen LogP contribution in [0.4, 0.5) is 4.39 Å². The number of fused-ring (bicyclic) bond motifs is 1. The van der Waals surface area contributed by atoms with Crippen molar-refractivity contribution in [2.24, 2.45) is 17.8 Å². The molecular weight excluding hydrogens is 435 g/mol. The van der Waals surface area contributed by atoms with E-state index in [4.69, 9.17) is 4.74 Å². The summed E-state index contributed by atoms with van der Waals surface area (Å²) in [6.07, 6.45) is 17.9. The first-order valence-electron chi connectivity index (χ1n) is 13.4. The lowest BCUT2D eigenvalue weighted by Crippen LogP contribution is -2.30. The molecule has 4 rings (SSSR count). The van der Waals surface area contributed by atoms with Gasteiger partial charge in [-0.15, -0.1) is 6.58 Å². The highest BCUT2D eigenvalue weighted by molar-refractivity contribution is 5.91. The van der Waals surface area contributed by atoms with Gasteiger partial charge in [-0.2, -0.15) is 0 Å². The van der Waals surface area contributed by atoms with Gasteiger partial charge in [0.2, 0.25) is 0 Å². The lowest BCUT2D eigenvalue weighted by atomic mass is 9.63. The maximum Gasteiger partial charge on any atom is 0.343 e. The van der Waals surface area contributed by atoms with Crippen molar-refractivity contribution in [3.63, 3.8) is 0 Å². The van der Waals surface area contributed by atoms with Gasteiger partial charge in [-0.25, -0.2) is 9.18 Å². The first-order chi connectivity index (χ1) is 17.1. The van der Waals surface area contributed by atoms with E-state index in [0.29, 0.717) is 11.7 Å². The molecule has 0 aromatic heterocycles. The summed E-state index contributed by atoms with van der Waals surface area (Å²) in [5.41, 5.74) is 2.19. The number of hydrogen-bond acceptors (Lipinski definition) is 2. The molecule has 0 heterocycles. The second-order valence-electron chi connectivity index (χ2n) is 10.5. The molecule has 0 N–H and O–H groups in total. The molecule has 2 aliphatic rings. The van der Waals surface area contributed by atoms with Crippen molar-refractivity contribution in [1.82, 2.24) is 0 Å². The molecule has 186 valence electrons. The van der Waals surface area contributed by atoms with E-state index in [1.807, 2.05) is 24.3 Å². The van der Waals surface area contributed by atoms with Crippen LogP contribution in [0.3, 0.4) is 0 Å². The van der Waals surface area contributed by atoms with Crippen molar-refractivity contribution >= 4 is 5.97 Å². The van der Waals surface area contributed by atoms with Gasteiger partial charge in [-0.1, -0.05) is 42.8 Å². The number of allylic oxidation sites excluding steroid dienone is 3. The van der Waals surface area contributed by atoms with Gasteiger partial charge in [0.1, 0.15) is 11.6 Å². The first kappa shape index (κ1) is 25.4. The Morgan fingerprint density at radius 1 is 1.03 bits per heavy atom. The molecule has 4 atom stereocenters. The van der Waals surface area contributed by atoms with Crippen molar-refractivity contribution in [1.29, 1.82) is 0 Å². The van der Waals surface area contributed by atoms with Crippen LogP contribution in [0.2, 0.25) is 0 Å². The molecule has 0 spiro atoms. The molecule has 0 bridgehead atoms. The van der Waals surface area contributed by atoms with Gasteiger partial charge in [0.25, 0.3) is 0 Å². The minimum Gasteiger partial charge on any atom is -0.423 e. The molecule has 2 saturated carbocycles. The summed E-state index contributed by atoms with van der Waals surface area (Å²) in [7, 11) is 0. The van der Waals surface area contributed by atoms with Crippen molar-refractivity contribution < 1.29 is 13.9 Å². The van der Waals surface area contributed by atoms with Gasteiger partial charge in [0.15, 0.2) is 0 Å². The number of aryl methyl sites for hydroxylation is 1. The Bertz CT molecular complexity index is 1020. The number of benzene rings is 2. The maximum absolute atomic E-state index is 15.1. The van der Waals surface area contributed by atoms with E-state index in [9.17, 15) is 4.79 Å². The molecule has 0 aliphatic heterocycles. The first-order valence-corrected chi connectivity index (χ1v) is 13.4. The molecule has 0 saturated heterocycles. The summed E-state index contributed by atoms with van der Waals surface area (Å²) in [5, 5.41) is 0. The fourth-order valence-corrected chi connectivity index (χ4v) is 6.17. The van der Waals surface area contributed by atoms with Gasteiger partial charge in [-0.3, -0.25) is 0 Å². The number of carbonyl (C=O) groups is 1. The zero-order valence-corrected chi connectivity index (χ0v) is 21.1. The van der Waals surface area contributed by atoms with Crippen LogP contribution in [0.25, 0.3) is 0 Å². The lowest BCUT2D eigenvalue weighted by Gasteiger charge is -2.42. The Morgan fingerprint density at radius 3 is 2.54 bits per heavy atom. The van der Waals surface area contributed by atoms with Crippen LogP contribution >= 0.6 is 0 Å². The van der Waals surface area contributed by atoms with Crippen molar-refractivity contribution in [2.45, 2.75) is 77.0 Å². The van der Waals surface area contributed by atoms with Crippen LogP contribution < -0.4 is 4.74 Å². The average molecular weight is 475 g/mol. The van der Waals surface area contributed by atoms with E-state index in [1.165, 1.54) is 44.6 Å². The predicted octanol–water partition coefficient (Wildman–Crippen LogP) is 8.82. The highest BCUT2D eigenvalue weighted by Gasteiger charge is 2.36. The van der Waals surface area contributed by atoms with E-state index in [-0.39, 0.29) is 17.3 Å². The van der Waals surface area contributed by atoms with Gasteiger partial charge < -0.3 is 4.74 Å². The van der Waals surface area contributed by atoms with Crippen LogP contribution in [0.15, 0.2) is 67.3 Å². The van der Waals surface area contributed by atoms with Gasteiger partial charge in [-0.05, 0) is 124 Å². The van der Waals surface area contributed by atoms with E-state index >= 15 is 4.39 Å². The lowest BCUT2D eigenvalue weighted by molar-refractivity contribution is 0.0734.